The molecule has 0 saturated heterocycles. The van der Waals surface area contributed by atoms with E-state index < -0.39 is 52.6 Å². The molecule has 0 unspecified atom stereocenters. The van der Waals surface area contributed by atoms with E-state index in [9.17, 15) is 30.7 Å². The predicted octanol–water partition coefficient (Wildman–Crippen LogP) is 4.65. The molecule has 0 bridgehead atoms. The third kappa shape index (κ3) is 2.65. The van der Waals surface area contributed by atoms with Gasteiger partial charge in [-0.05, 0) is 6.07 Å². The maximum Gasteiger partial charge on any atom is 0.387 e. The summed E-state index contributed by atoms with van der Waals surface area (Å²) in [5.41, 5.74) is -2.01. The number of para-hydroxylation sites is 1. The number of benzene rings is 2. The molecule has 0 spiro atoms. The van der Waals surface area contributed by atoms with Gasteiger partial charge in [0.1, 0.15) is 5.75 Å². The summed E-state index contributed by atoms with van der Waals surface area (Å²) in [4.78, 5) is 0. The fraction of sp³-hybridized carbons (Fsp3) is 0.0769. The van der Waals surface area contributed by atoms with Crippen LogP contribution in [0.4, 0.5) is 30.7 Å². The molecule has 0 saturated carbocycles. The van der Waals surface area contributed by atoms with Gasteiger partial charge in [0.2, 0.25) is 5.82 Å². The largest absolute Gasteiger partial charge is 0.434 e. The van der Waals surface area contributed by atoms with Crippen LogP contribution in [0.3, 0.4) is 0 Å². The summed E-state index contributed by atoms with van der Waals surface area (Å²) in [6, 6.07) is 4.19. The summed E-state index contributed by atoms with van der Waals surface area (Å²) >= 11 is 0. The first-order valence-electron chi connectivity index (χ1n) is 5.40. The van der Waals surface area contributed by atoms with Crippen LogP contribution in [0.15, 0.2) is 24.3 Å². The van der Waals surface area contributed by atoms with E-state index in [0.29, 0.717) is 0 Å². The normalized spacial score (nSPS) is 11.0. The molecule has 0 aliphatic carbocycles. The van der Waals surface area contributed by atoms with Crippen LogP contribution >= 0.6 is 0 Å². The molecule has 0 N–H and O–H groups in total. The van der Waals surface area contributed by atoms with Crippen LogP contribution < -0.4 is 4.74 Å². The minimum absolute atomic E-state index is 0.675. The number of hydrogen-bond donors (Lipinski definition) is 0. The van der Waals surface area contributed by atoms with Gasteiger partial charge in [-0.15, -0.1) is 0 Å². The van der Waals surface area contributed by atoms with E-state index in [1.54, 1.807) is 0 Å². The Hall–Kier alpha value is -2.25. The quantitative estimate of drug-likeness (QED) is 0.455. The number of rotatable bonds is 3. The van der Waals surface area contributed by atoms with E-state index in [2.05, 4.69) is 4.74 Å². The summed E-state index contributed by atoms with van der Waals surface area (Å²) < 4.78 is 95.0. The van der Waals surface area contributed by atoms with Gasteiger partial charge in [-0.3, -0.25) is 0 Å². The Morgan fingerprint density at radius 3 is 1.71 bits per heavy atom. The Morgan fingerprint density at radius 2 is 1.19 bits per heavy atom. The maximum atomic E-state index is 13.6. The highest BCUT2D eigenvalue weighted by Gasteiger charge is 2.28. The summed E-state index contributed by atoms with van der Waals surface area (Å²) in [6.45, 7) is -3.33. The van der Waals surface area contributed by atoms with Gasteiger partial charge in [-0.2, -0.15) is 8.78 Å². The standard InChI is InChI=1S/C13H5F7O/c14-8-7(9(15)11(17)12(18)10(8)16)5-3-1-2-4-6(5)21-13(19)20/h1-4,13H. The SMILES string of the molecule is Fc1c(F)c(F)c(-c2ccccc2OC(F)F)c(F)c1F. The van der Waals surface area contributed by atoms with Gasteiger partial charge < -0.3 is 4.74 Å². The van der Waals surface area contributed by atoms with Crippen molar-refractivity contribution >= 4 is 0 Å². The lowest BCUT2D eigenvalue weighted by Crippen LogP contribution is -2.07. The van der Waals surface area contributed by atoms with Crippen LogP contribution in [-0.4, -0.2) is 6.61 Å². The molecule has 0 fully saturated rings. The van der Waals surface area contributed by atoms with Crippen molar-refractivity contribution in [1.29, 1.82) is 0 Å². The topological polar surface area (TPSA) is 9.23 Å². The lowest BCUT2D eigenvalue weighted by atomic mass is 10.0. The van der Waals surface area contributed by atoms with E-state index in [4.69, 9.17) is 0 Å². The Morgan fingerprint density at radius 1 is 0.714 bits per heavy atom. The van der Waals surface area contributed by atoms with Gasteiger partial charge in [0, 0.05) is 5.56 Å². The number of ether oxygens (including phenoxy) is 1. The first kappa shape index (κ1) is 15.1. The summed E-state index contributed by atoms with van der Waals surface area (Å²) in [5, 5.41) is 0. The summed E-state index contributed by atoms with van der Waals surface area (Å²) in [5.74, 6) is -11.6. The molecule has 2 aromatic rings. The molecule has 8 heteroatoms. The molecular weight excluding hydrogens is 305 g/mol. The van der Waals surface area contributed by atoms with Crippen LogP contribution in [-0.2, 0) is 0 Å². The Labute approximate surface area is 113 Å². The molecule has 0 amide bonds. The molecule has 0 atom stereocenters. The van der Waals surface area contributed by atoms with E-state index in [1.165, 1.54) is 12.1 Å². The molecule has 2 aromatic carbocycles. The summed E-state index contributed by atoms with van der Waals surface area (Å²) in [7, 11) is 0. The van der Waals surface area contributed by atoms with E-state index in [0.717, 1.165) is 12.1 Å². The molecule has 2 rings (SSSR count). The second-order valence-corrected chi connectivity index (χ2v) is 3.82. The molecule has 112 valence electrons. The van der Waals surface area contributed by atoms with Gasteiger partial charge in [0.25, 0.3) is 0 Å². The van der Waals surface area contributed by atoms with Crippen molar-refractivity contribution in [2.24, 2.45) is 0 Å². The second-order valence-electron chi connectivity index (χ2n) is 3.82. The lowest BCUT2D eigenvalue weighted by molar-refractivity contribution is -0.0494. The number of alkyl halides is 2. The van der Waals surface area contributed by atoms with Gasteiger partial charge in [0.05, 0.1) is 5.56 Å². The van der Waals surface area contributed by atoms with Gasteiger partial charge >= 0.3 is 6.61 Å². The fourth-order valence-corrected chi connectivity index (χ4v) is 1.71. The van der Waals surface area contributed by atoms with Crippen molar-refractivity contribution < 1.29 is 35.5 Å². The highest BCUT2D eigenvalue weighted by atomic mass is 19.3. The number of hydrogen-bond acceptors (Lipinski definition) is 1. The maximum absolute atomic E-state index is 13.6. The van der Waals surface area contributed by atoms with E-state index >= 15 is 0 Å². The van der Waals surface area contributed by atoms with Crippen molar-refractivity contribution in [3.63, 3.8) is 0 Å². The molecule has 0 aliphatic rings. The average Bonchev–Trinajstić information content (AvgIpc) is 2.44. The van der Waals surface area contributed by atoms with Crippen molar-refractivity contribution in [2.45, 2.75) is 6.61 Å². The molecule has 0 aromatic heterocycles. The third-order valence-corrected chi connectivity index (χ3v) is 2.58. The minimum atomic E-state index is -3.33. The first-order valence-corrected chi connectivity index (χ1v) is 5.40. The van der Waals surface area contributed by atoms with Crippen LogP contribution in [0.1, 0.15) is 0 Å². The zero-order valence-electron chi connectivity index (χ0n) is 9.94. The second kappa shape index (κ2) is 5.63. The van der Waals surface area contributed by atoms with Gasteiger partial charge in [0.15, 0.2) is 23.3 Å². The minimum Gasteiger partial charge on any atom is -0.434 e. The Balaban J connectivity index is 2.74. The zero-order valence-corrected chi connectivity index (χ0v) is 9.94. The highest BCUT2D eigenvalue weighted by Crippen LogP contribution is 2.37. The third-order valence-electron chi connectivity index (χ3n) is 2.58. The van der Waals surface area contributed by atoms with Gasteiger partial charge in [-0.1, -0.05) is 18.2 Å². The number of halogens is 7. The molecular formula is C13H5F7O. The van der Waals surface area contributed by atoms with Crippen LogP contribution in [0.2, 0.25) is 0 Å². The highest BCUT2D eigenvalue weighted by molar-refractivity contribution is 5.71. The van der Waals surface area contributed by atoms with Crippen molar-refractivity contribution in [3.05, 3.63) is 53.4 Å². The van der Waals surface area contributed by atoms with E-state index in [1.807, 2.05) is 0 Å². The Bertz CT molecular complexity index is 655. The molecule has 1 nitrogen and oxygen atoms in total. The smallest absolute Gasteiger partial charge is 0.387 e. The Kier molecular flexibility index (Phi) is 4.06. The lowest BCUT2D eigenvalue weighted by Gasteiger charge is -2.13. The molecule has 0 radical (unpaired) electrons. The fourth-order valence-electron chi connectivity index (χ4n) is 1.71. The zero-order chi connectivity index (χ0) is 15.7. The van der Waals surface area contributed by atoms with Crippen LogP contribution in [0.5, 0.6) is 5.75 Å². The van der Waals surface area contributed by atoms with Gasteiger partial charge in [-0.25, -0.2) is 22.0 Å². The molecule has 0 heterocycles. The molecule has 0 aliphatic heterocycles. The average molecular weight is 310 g/mol. The first-order chi connectivity index (χ1) is 9.84. The van der Waals surface area contributed by atoms with Crippen molar-refractivity contribution in [1.82, 2.24) is 0 Å². The molecule has 21 heavy (non-hydrogen) atoms. The van der Waals surface area contributed by atoms with Crippen LogP contribution in [0.25, 0.3) is 11.1 Å². The van der Waals surface area contributed by atoms with Crippen molar-refractivity contribution in [3.8, 4) is 16.9 Å². The van der Waals surface area contributed by atoms with Crippen molar-refractivity contribution in [2.75, 3.05) is 0 Å². The monoisotopic (exact) mass is 310 g/mol. The predicted molar refractivity (Wildman–Crippen MR) is 58.3 cm³/mol. The summed E-state index contributed by atoms with van der Waals surface area (Å²) in [6.07, 6.45) is 0. The van der Waals surface area contributed by atoms with Crippen LogP contribution in [0, 0.1) is 29.1 Å². The van der Waals surface area contributed by atoms with E-state index in [-0.39, 0.29) is 0 Å².